The van der Waals surface area contributed by atoms with E-state index in [1.54, 1.807) is 30.7 Å². The van der Waals surface area contributed by atoms with Crippen LogP contribution in [0.15, 0.2) is 91.5 Å². The molecule has 0 spiro atoms. The first-order valence-corrected chi connectivity index (χ1v) is 10.8. The van der Waals surface area contributed by atoms with E-state index in [-0.39, 0.29) is 17.8 Å². The first-order valence-electron chi connectivity index (χ1n) is 10.4. The molecule has 0 unspecified atom stereocenters. The van der Waals surface area contributed by atoms with Crippen molar-refractivity contribution in [3.63, 3.8) is 0 Å². The molecule has 1 aliphatic rings. The van der Waals surface area contributed by atoms with E-state index in [0.29, 0.717) is 11.7 Å². The lowest BCUT2D eigenvalue weighted by molar-refractivity contribution is -0.384. The highest BCUT2D eigenvalue weighted by Crippen LogP contribution is 2.40. The van der Waals surface area contributed by atoms with Gasteiger partial charge in [0.1, 0.15) is 0 Å². The zero-order valence-corrected chi connectivity index (χ0v) is 18.3. The molecule has 0 radical (unpaired) electrons. The van der Waals surface area contributed by atoms with Gasteiger partial charge in [-0.15, -0.1) is 0 Å². The number of thiocarbonyl (C=S) groups is 1. The summed E-state index contributed by atoms with van der Waals surface area (Å²) in [6.45, 7) is 0.605. The standard InChI is InChI=1S/C24H20N6O2S/c31-30(32)19-8-6-18(7-9-19)28-15-3-5-21(28)23-22(20-4-1-2-12-26-20)27-24(33)29(23)16-17-10-13-25-14-11-17/h1-15,22-23H,16H2,(H,27,33)/t22-,23-/m1/s1. The van der Waals surface area contributed by atoms with Gasteiger partial charge in [-0.25, -0.2) is 0 Å². The Morgan fingerprint density at radius 2 is 1.79 bits per heavy atom. The molecule has 0 bridgehead atoms. The average molecular weight is 457 g/mol. The second-order valence-corrected chi connectivity index (χ2v) is 8.07. The molecule has 0 aliphatic carbocycles. The Morgan fingerprint density at radius 1 is 1.00 bits per heavy atom. The number of rotatable bonds is 6. The molecule has 8 nitrogen and oxygen atoms in total. The zero-order chi connectivity index (χ0) is 22.8. The minimum Gasteiger partial charge on any atom is -0.352 e. The maximum absolute atomic E-state index is 11.1. The summed E-state index contributed by atoms with van der Waals surface area (Å²) in [7, 11) is 0. The molecular formula is C24H20N6O2S. The molecule has 0 saturated carbocycles. The van der Waals surface area contributed by atoms with Gasteiger partial charge in [-0.2, -0.15) is 0 Å². The summed E-state index contributed by atoms with van der Waals surface area (Å²) in [6.07, 6.45) is 7.27. The number of hydrogen-bond acceptors (Lipinski definition) is 5. The number of nitrogens with zero attached hydrogens (tertiary/aromatic N) is 5. The molecule has 1 aromatic carbocycles. The average Bonchev–Trinajstić information content (AvgIpc) is 3.45. The molecule has 33 heavy (non-hydrogen) atoms. The van der Waals surface area contributed by atoms with Gasteiger partial charge in [-0.1, -0.05) is 6.07 Å². The molecule has 4 aromatic rings. The van der Waals surface area contributed by atoms with E-state index in [4.69, 9.17) is 12.2 Å². The Hall–Kier alpha value is -4.11. The van der Waals surface area contributed by atoms with Crippen LogP contribution in [-0.4, -0.2) is 29.5 Å². The van der Waals surface area contributed by atoms with E-state index in [1.807, 2.05) is 47.2 Å². The summed E-state index contributed by atoms with van der Waals surface area (Å²) in [6, 6.07) is 20.0. The molecule has 164 valence electrons. The minimum absolute atomic E-state index is 0.0573. The number of benzene rings is 1. The van der Waals surface area contributed by atoms with Crippen LogP contribution in [-0.2, 0) is 6.54 Å². The third kappa shape index (κ3) is 4.06. The predicted octanol–water partition coefficient (Wildman–Crippen LogP) is 4.35. The highest BCUT2D eigenvalue weighted by atomic mass is 32.1. The lowest BCUT2D eigenvalue weighted by atomic mass is 10.0. The molecule has 1 N–H and O–H groups in total. The molecule has 5 rings (SSSR count). The van der Waals surface area contributed by atoms with Gasteiger partial charge in [0.2, 0.25) is 0 Å². The van der Waals surface area contributed by atoms with Crippen LogP contribution in [0.3, 0.4) is 0 Å². The lowest BCUT2D eigenvalue weighted by Gasteiger charge is -2.29. The molecule has 9 heteroatoms. The van der Waals surface area contributed by atoms with Crippen LogP contribution < -0.4 is 5.32 Å². The number of aromatic nitrogens is 3. The van der Waals surface area contributed by atoms with Gasteiger partial charge in [0, 0.05) is 54.8 Å². The van der Waals surface area contributed by atoms with Crippen LogP contribution in [0.1, 0.15) is 29.0 Å². The van der Waals surface area contributed by atoms with Crippen LogP contribution in [0.2, 0.25) is 0 Å². The third-order valence-corrected chi connectivity index (χ3v) is 6.07. The van der Waals surface area contributed by atoms with E-state index in [0.717, 1.165) is 22.6 Å². The maximum Gasteiger partial charge on any atom is 0.269 e. The predicted molar refractivity (Wildman–Crippen MR) is 128 cm³/mol. The van der Waals surface area contributed by atoms with Gasteiger partial charge in [-0.05, 0) is 66.3 Å². The maximum atomic E-state index is 11.1. The summed E-state index contributed by atoms with van der Waals surface area (Å²) in [4.78, 5) is 21.5. The fraction of sp³-hybridized carbons (Fsp3) is 0.125. The number of hydrogen-bond donors (Lipinski definition) is 1. The number of non-ortho nitro benzene ring substituents is 1. The SMILES string of the molecule is O=[N+]([O-])c1ccc(-n2cccc2[C@@H]2[C@@H](c3ccccn3)NC(=S)N2Cc2ccncc2)cc1. The second kappa shape index (κ2) is 8.79. The molecule has 4 heterocycles. The number of nitro groups is 1. The number of nitro benzene ring substituents is 1. The minimum atomic E-state index is -0.396. The van der Waals surface area contributed by atoms with Gasteiger partial charge < -0.3 is 14.8 Å². The van der Waals surface area contributed by atoms with Crippen molar-refractivity contribution in [3.8, 4) is 5.69 Å². The van der Waals surface area contributed by atoms with Crippen molar-refractivity contribution in [2.45, 2.75) is 18.6 Å². The fourth-order valence-electron chi connectivity index (χ4n) is 4.19. The van der Waals surface area contributed by atoms with E-state index in [1.165, 1.54) is 12.1 Å². The van der Waals surface area contributed by atoms with Gasteiger partial charge in [-0.3, -0.25) is 20.1 Å². The Kier molecular flexibility index (Phi) is 5.54. The van der Waals surface area contributed by atoms with Crippen molar-refractivity contribution in [1.82, 2.24) is 24.8 Å². The van der Waals surface area contributed by atoms with Crippen LogP contribution in [0.25, 0.3) is 5.69 Å². The Labute approximate surface area is 195 Å². The Morgan fingerprint density at radius 3 is 2.48 bits per heavy atom. The van der Waals surface area contributed by atoms with Gasteiger partial charge >= 0.3 is 0 Å². The number of nitrogens with one attached hydrogen (secondary N) is 1. The fourth-order valence-corrected chi connectivity index (χ4v) is 4.49. The van der Waals surface area contributed by atoms with E-state index < -0.39 is 4.92 Å². The monoisotopic (exact) mass is 456 g/mol. The molecule has 3 aromatic heterocycles. The second-order valence-electron chi connectivity index (χ2n) is 7.69. The van der Waals surface area contributed by atoms with Crippen LogP contribution in [0, 0.1) is 10.1 Å². The molecule has 1 saturated heterocycles. The molecule has 1 fully saturated rings. The first kappa shape index (κ1) is 20.8. The van der Waals surface area contributed by atoms with Crippen molar-refractivity contribution in [3.05, 3.63) is 119 Å². The van der Waals surface area contributed by atoms with Gasteiger partial charge in [0.15, 0.2) is 5.11 Å². The van der Waals surface area contributed by atoms with Crippen LogP contribution in [0.5, 0.6) is 0 Å². The quantitative estimate of drug-likeness (QED) is 0.262. The normalized spacial score (nSPS) is 17.7. The summed E-state index contributed by atoms with van der Waals surface area (Å²) >= 11 is 5.76. The van der Waals surface area contributed by atoms with Crippen molar-refractivity contribution in [2.24, 2.45) is 0 Å². The molecule has 1 aliphatic heterocycles. The largest absolute Gasteiger partial charge is 0.352 e. The van der Waals surface area contributed by atoms with E-state index >= 15 is 0 Å². The van der Waals surface area contributed by atoms with Gasteiger partial charge in [0.05, 0.1) is 22.7 Å². The van der Waals surface area contributed by atoms with Crippen LogP contribution >= 0.6 is 12.2 Å². The van der Waals surface area contributed by atoms with Crippen molar-refractivity contribution >= 4 is 23.0 Å². The topological polar surface area (TPSA) is 89.1 Å². The Bertz CT molecular complexity index is 1280. The summed E-state index contributed by atoms with van der Waals surface area (Å²) < 4.78 is 2.04. The first-order chi connectivity index (χ1) is 16.1. The number of pyridine rings is 2. The molecule has 0 amide bonds. The third-order valence-electron chi connectivity index (χ3n) is 5.72. The molecular weight excluding hydrogens is 436 g/mol. The summed E-state index contributed by atoms with van der Waals surface area (Å²) in [5.41, 5.74) is 3.87. The highest BCUT2D eigenvalue weighted by Gasteiger charge is 2.41. The summed E-state index contributed by atoms with van der Waals surface area (Å²) in [5.74, 6) is 0. The van der Waals surface area contributed by atoms with Crippen molar-refractivity contribution in [1.29, 1.82) is 0 Å². The zero-order valence-electron chi connectivity index (χ0n) is 17.5. The smallest absolute Gasteiger partial charge is 0.269 e. The van der Waals surface area contributed by atoms with Gasteiger partial charge in [0.25, 0.3) is 5.69 Å². The van der Waals surface area contributed by atoms with E-state index in [9.17, 15) is 10.1 Å². The Balaban J connectivity index is 1.58. The lowest BCUT2D eigenvalue weighted by Crippen LogP contribution is -2.30. The molecule has 2 atom stereocenters. The van der Waals surface area contributed by atoms with Crippen molar-refractivity contribution < 1.29 is 4.92 Å². The highest BCUT2D eigenvalue weighted by molar-refractivity contribution is 7.80. The van der Waals surface area contributed by atoms with Crippen LogP contribution in [0.4, 0.5) is 5.69 Å². The summed E-state index contributed by atoms with van der Waals surface area (Å²) in [5, 5.41) is 15.2. The van der Waals surface area contributed by atoms with E-state index in [2.05, 4.69) is 26.3 Å². The van der Waals surface area contributed by atoms with Crippen molar-refractivity contribution in [2.75, 3.05) is 0 Å².